The van der Waals surface area contributed by atoms with Gasteiger partial charge < -0.3 is 19.7 Å². The Morgan fingerprint density at radius 1 is 1.15 bits per heavy atom. The molecule has 2 N–H and O–H groups in total. The molecule has 0 saturated carbocycles. The Bertz CT molecular complexity index is 1190. The molecule has 0 radical (unpaired) electrons. The van der Waals surface area contributed by atoms with Crippen LogP contribution in [0.1, 0.15) is 62.7 Å². The zero-order valence-corrected chi connectivity index (χ0v) is 19.7. The van der Waals surface area contributed by atoms with E-state index in [1.807, 2.05) is 42.0 Å². The highest BCUT2D eigenvalue weighted by molar-refractivity contribution is 5.95. The van der Waals surface area contributed by atoms with Gasteiger partial charge in [0.05, 0.1) is 29.4 Å². The Kier molecular flexibility index (Phi) is 8.69. The fourth-order valence-electron chi connectivity index (χ4n) is 3.93. The maximum absolute atomic E-state index is 12.8. The lowest BCUT2D eigenvalue weighted by Crippen LogP contribution is -2.22. The average Bonchev–Trinajstić information content (AvgIpc) is 3.25. The number of aromatic nitrogens is 1. The number of benzene rings is 2. The van der Waals surface area contributed by atoms with E-state index < -0.39 is 5.97 Å². The van der Waals surface area contributed by atoms with E-state index in [1.165, 1.54) is 12.1 Å². The van der Waals surface area contributed by atoms with Gasteiger partial charge in [-0.1, -0.05) is 32.8 Å². The Morgan fingerprint density at radius 2 is 1.97 bits per heavy atom. The number of carboxylic acids is 1. The third kappa shape index (κ3) is 5.96. The van der Waals surface area contributed by atoms with Gasteiger partial charge in [0.2, 0.25) is 5.91 Å². The van der Waals surface area contributed by atoms with Crippen LogP contribution in [-0.4, -0.2) is 28.2 Å². The standard InChI is InChI=1S/C27H31N3O4/c1-3-5-8-19(4-2)26(31)29-22-11-9-20-13-15-30(24(20)18-22)23-12-10-21(27(32)33)17-25(23)34-16-7-6-14-28/h9-13,15,17-19H,3-8,16H2,1-2H3,(H,29,31)(H,32,33). The molecule has 2 aromatic carbocycles. The molecule has 0 aliphatic heterocycles. The van der Waals surface area contributed by atoms with Crippen LogP contribution in [0.4, 0.5) is 5.69 Å². The van der Waals surface area contributed by atoms with E-state index in [1.54, 1.807) is 6.07 Å². The molecule has 0 aliphatic rings. The number of carbonyl (C=O) groups is 2. The van der Waals surface area contributed by atoms with Crippen molar-refractivity contribution >= 4 is 28.5 Å². The van der Waals surface area contributed by atoms with Crippen LogP contribution in [0.3, 0.4) is 0 Å². The summed E-state index contributed by atoms with van der Waals surface area (Å²) >= 11 is 0. The Labute approximate surface area is 200 Å². The number of carboxylic acid groups (broad SMARTS) is 1. The molecule has 0 saturated heterocycles. The van der Waals surface area contributed by atoms with E-state index in [-0.39, 0.29) is 17.4 Å². The number of rotatable bonds is 12. The first kappa shape index (κ1) is 24.8. The molecule has 0 spiro atoms. The van der Waals surface area contributed by atoms with Gasteiger partial charge in [-0.25, -0.2) is 4.79 Å². The summed E-state index contributed by atoms with van der Waals surface area (Å²) < 4.78 is 7.80. The molecule has 178 valence electrons. The summed E-state index contributed by atoms with van der Waals surface area (Å²) in [6.07, 6.45) is 6.56. The van der Waals surface area contributed by atoms with Gasteiger partial charge in [-0.15, -0.1) is 0 Å². The third-order valence-electron chi connectivity index (χ3n) is 5.89. The van der Waals surface area contributed by atoms with Gasteiger partial charge in [-0.05, 0) is 55.7 Å². The third-order valence-corrected chi connectivity index (χ3v) is 5.89. The summed E-state index contributed by atoms with van der Waals surface area (Å²) in [5.74, 6) is -0.597. The molecule has 1 heterocycles. The minimum absolute atomic E-state index is 0.0144. The number of nitriles is 1. The summed E-state index contributed by atoms with van der Waals surface area (Å²) in [5.41, 5.74) is 2.39. The summed E-state index contributed by atoms with van der Waals surface area (Å²) in [6, 6.07) is 14.6. The molecule has 1 unspecified atom stereocenters. The molecule has 3 aromatic rings. The monoisotopic (exact) mass is 461 g/mol. The molecule has 7 nitrogen and oxygen atoms in total. The van der Waals surface area contributed by atoms with Crippen molar-refractivity contribution in [1.29, 1.82) is 5.26 Å². The minimum Gasteiger partial charge on any atom is -0.491 e. The van der Waals surface area contributed by atoms with Gasteiger partial charge in [0.25, 0.3) is 0 Å². The number of hydrogen-bond acceptors (Lipinski definition) is 4. The van der Waals surface area contributed by atoms with Gasteiger partial charge in [-0.2, -0.15) is 5.26 Å². The van der Waals surface area contributed by atoms with Crippen LogP contribution in [0, 0.1) is 17.2 Å². The lowest BCUT2D eigenvalue weighted by molar-refractivity contribution is -0.120. The second kappa shape index (κ2) is 11.9. The predicted octanol–water partition coefficient (Wildman–Crippen LogP) is 6.17. The largest absolute Gasteiger partial charge is 0.491 e. The number of hydrogen-bond donors (Lipinski definition) is 2. The van der Waals surface area contributed by atoms with E-state index in [2.05, 4.69) is 18.3 Å². The van der Waals surface area contributed by atoms with Gasteiger partial charge in [0.1, 0.15) is 5.75 Å². The quantitative estimate of drug-likeness (QED) is 0.314. The van der Waals surface area contributed by atoms with Crippen molar-refractivity contribution in [3.8, 4) is 17.5 Å². The fourth-order valence-corrected chi connectivity index (χ4v) is 3.93. The Hall–Kier alpha value is -3.79. The number of aromatic carboxylic acids is 1. The average molecular weight is 462 g/mol. The second-order valence-corrected chi connectivity index (χ2v) is 8.29. The van der Waals surface area contributed by atoms with Crippen LogP contribution in [0.25, 0.3) is 16.6 Å². The highest BCUT2D eigenvalue weighted by Crippen LogP contribution is 2.31. The SMILES string of the molecule is CCCCC(CC)C(=O)Nc1ccc2ccn(-c3ccc(C(=O)O)cc3OCCCC#N)c2c1. The van der Waals surface area contributed by atoms with E-state index in [9.17, 15) is 14.7 Å². The molecule has 1 aromatic heterocycles. The minimum atomic E-state index is -1.04. The van der Waals surface area contributed by atoms with E-state index in [0.717, 1.165) is 36.6 Å². The number of carbonyl (C=O) groups excluding carboxylic acids is 1. The first-order valence-corrected chi connectivity index (χ1v) is 11.8. The van der Waals surface area contributed by atoms with E-state index >= 15 is 0 Å². The summed E-state index contributed by atoms with van der Waals surface area (Å²) in [7, 11) is 0. The van der Waals surface area contributed by atoms with Crippen molar-refractivity contribution in [2.75, 3.05) is 11.9 Å². The number of ether oxygens (including phenoxy) is 1. The summed E-state index contributed by atoms with van der Waals surface area (Å²) in [5, 5.41) is 22.2. The molecule has 3 rings (SSSR count). The van der Waals surface area contributed by atoms with Crippen molar-refractivity contribution in [3.63, 3.8) is 0 Å². The van der Waals surface area contributed by atoms with E-state index in [4.69, 9.17) is 10.00 Å². The van der Waals surface area contributed by atoms with Gasteiger partial charge >= 0.3 is 5.97 Å². The lowest BCUT2D eigenvalue weighted by atomic mass is 9.98. The molecule has 0 fully saturated rings. The van der Waals surface area contributed by atoms with Gasteiger partial charge in [-0.3, -0.25) is 4.79 Å². The molecule has 7 heteroatoms. The summed E-state index contributed by atoms with van der Waals surface area (Å²) in [4.78, 5) is 24.3. The van der Waals surface area contributed by atoms with Crippen LogP contribution >= 0.6 is 0 Å². The maximum atomic E-state index is 12.8. The summed E-state index contributed by atoms with van der Waals surface area (Å²) in [6.45, 7) is 4.46. The van der Waals surface area contributed by atoms with Crippen LogP contribution in [0.5, 0.6) is 5.75 Å². The zero-order valence-electron chi connectivity index (χ0n) is 19.7. The van der Waals surface area contributed by atoms with Crippen LogP contribution in [0.15, 0.2) is 48.7 Å². The first-order valence-electron chi connectivity index (χ1n) is 11.8. The molecule has 34 heavy (non-hydrogen) atoms. The first-order chi connectivity index (χ1) is 16.5. The Morgan fingerprint density at radius 3 is 2.68 bits per heavy atom. The number of amides is 1. The number of anilines is 1. The number of fused-ring (bicyclic) bond motifs is 1. The maximum Gasteiger partial charge on any atom is 0.335 e. The van der Waals surface area contributed by atoms with Crippen molar-refractivity contribution in [2.45, 2.75) is 52.4 Å². The number of nitrogens with one attached hydrogen (secondary N) is 1. The lowest BCUT2D eigenvalue weighted by Gasteiger charge is -2.16. The van der Waals surface area contributed by atoms with Crippen LogP contribution < -0.4 is 10.1 Å². The van der Waals surface area contributed by atoms with Crippen LogP contribution in [-0.2, 0) is 4.79 Å². The van der Waals surface area contributed by atoms with Gasteiger partial charge in [0, 0.05) is 29.6 Å². The van der Waals surface area contributed by atoms with Crippen molar-refractivity contribution in [2.24, 2.45) is 5.92 Å². The van der Waals surface area contributed by atoms with E-state index in [0.29, 0.717) is 36.6 Å². The molecular weight excluding hydrogens is 430 g/mol. The van der Waals surface area contributed by atoms with Crippen LogP contribution in [0.2, 0.25) is 0 Å². The smallest absolute Gasteiger partial charge is 0.335 e. The normalized spacial score (nSPS) is 11.7. The van der Waals surface area contributed by atoms with Crippen molar-refractivity contribution in [3.05, 3.63) is 54.2 Å². The Balaban J connectivity index is 1.93. The molecular formula is C27H31N3O4. The number of unbranched alkanes of at least 4 members (excludes halogenated alkanes) is 2. The fraction of sp³-hybridized carbons (Fsp3) is 0.370. The van der Waals surface area contributed by atoms with Crippen molar-refractivity contribution in [1.82, 2.24) is 4.57 Å². The molecule has 0 aliphatic carbocycles. The topological polar surface area (TPSA) is 104 Å². The zero-order chi connectivity index (χ0) is 24.5. The number of nitrogens with zero attached hydrogens (tertiary/aromatic N) is 2. The second-order valence-electron chi connectivity index (χ2n) is 8.29. The molecule has 0 bridgehead atoms. The predicted molar refractivity (Wildman–Crippen MR) is 133 cm³/mol. The highest BCUT2D eigenvalue weighted by atomic mass is 16.5. The molecule has 1 amide bonds. The van der Waals surface area contributed by atoms with Gasteiger partial charge in [0.15, 0.2) is 0 Å². The van der Waals surface area contributed by atoms with Crippen molar-refractivity contribution < 1.29 is 19.4 Å². The molecule has 1 atom stereocenters. The highest BCUT2D eigenvalue weighted by Gasteiger charge is 2.17.